The average Bonchev–Trinajstić information content (AvgIpc) is 2.41. The van der Waals surface area contributed by atoms with Gasteiger partial charge in [-0.1, -0.05) is 6.07 Å². The maximum absolute atomic E-state index is 13.3. The molecular formula is C14H20FNO3. The molecule has 0 aromatic heterocycles. The zero-order chi connectivity index (χ0) is 13.7. The lowest BCUT2D eigenvalue weighted by molar-refractivity contribution is 0.00462. The van der Waals surface area contributed by atoms with Crippen molar-refractivity contribution in [1.29, 1.82) is 0 Å². The van der Waals surface area contributed by atoms with Crippen LogP contribution in [-0.4, -0.2) is 55.6 Å². The highest BCUT2D eigenvalue weighted by atomic mass is 19.1. The Bertz CT molecular complexity index is 408. The minimum atomic E-state index is -0.581. The number of hydrogen-bond donors (Lipinski definition) is 1. The molecule has 1 aliphatic rings. The molecule has 1 aliphatic heterocycles. The largest absolute Gasteiger partial charge is 0.491 e. The highest BCUT2D eigenvalue weighted by Gasteiger charge is 2.15. The van der Waals surface area contributed by atoms with Gasteiger partial charge in [-0.2, -0.15) is 0 Å². The van der Waals surface area contributed by atoms with E-state index in [0.29, 0.717) is 31.1 Å². The van der Waals surface area contributed by atoms with Crippen molar-refractivity contribution >= 4 is 0 Å². The van der Waals surface area contributed by atoms with E-state index in [2.05, 4.69) is 4.90 Å². The normalized spacial score (nSPS) is 18.3. The Hall–Kier alpha value is -1.17. The molecular weight excluding hydrogens is 249 g/mol. The quantitative estimate of drug-likeness (QED) is 0.872. The van der Waals surface area contributed by atoms with Gasteiger partial charge in [0.15, 0.2) is 0 Å². The minimum Gasteiger partial charge on any atom is -0.491 e. The number of aliphatic hydroxyl groups is 1. The third-order valence-corrected chi connectivity index (χ3v) is 3.16. The molecule has 2 rings (SSSR count). The van der Waals surface area contributed by atoms with Crippen LogP contribution in [0, 0.1) is 12.7 Å². The lowest BCUT2D eigenvalue weighted by Crippen LogP contribution is -2.42. The summed E-state index contributed by atoms with van der Waals surface area (Å²) in [5.74, 6) is 0.157. The standard InChI is InChI=1S/C14H20FNO3/c1-11-2-3-13(8-14(11)15)19-10-12(17)9-16-4-6-18-7-5-16/h2-3,8,12,17H,4-7,9-10H2,1H3. The van der Waals surface area contributed by atoms with Crippen molar-refractivity contribution in [2.24, 2.45) is 0 Å². The molecule has 0 aliphatic carbocycles. The first-order chi connectivity index (χ1) is 9.15. The van der Waals surface area contributed by atoms with Crippen molar-refractivity contribution in [3.05, 3.63) is 29.6 Å². The van der Waals surface area contributed by atoms with E-state index in [1.807, 2.05) is 0 Å². The van der Waals surface area contributed by atoms with E-state index >= 15 is 0 Å². The molecule has 0 amide bonds. The van der Waals surface area contributed by atoms with E-state index in [-0.39, 0.29) is 12.4 Å². The van der Waals surface area contributed by atoms with Gasteiger partial charge in [0.05, 0.1) is 13.2 Å². The number of halogens is 1. The Balaban J connectivity index is 1.75. The fourth-order valence-corrected chi connectivity index (χ4v) is 1.99. The second kappa shape index (κ2) is 6.84. The summed E-state index contributed by atoms with van der Waals surface area (Å²) in [5.41, 5.74) is 0.584. The number of ether oxygens (including phenoxy) is 2. The average molecular weight is 269 g/mol. The Kier molecular flexibility index (Phi) is 5.13. The molecule has 1 N–H and O–H groups in total. The summed E-state index contributed by atoms with van der Waals surface area (Å²) in [5, 5.41) is 9.89. The van der Waals surface area contributed by atoms with Crippen molar-refractivity contribution in [3.63, 3.8) is 0 Å². The summed E-state index contributed by atoms with van der Waals surface area (Å²) in [6, 6.07) is 4.72. The monoisotopic (exact) mass is 269 g/mol. The number of benzene rings is 1. The SMILES string of the molecule is Cc1ccc(OCC(O)CN2CCOCC2)cc1F. The summed E-state index contributed by atoms with van der Waals surface area (Å²) < 4.78 is 23.9. The number of aliphatic hydroxyl groups excluding tert-OH is 1. The summed E-state index contributed by atoms with van der Waals surface area (Å²) in [6.45, 7) is 5.49. The van der Waals surface area contributed by atoms with Gasteiger partial charge in [0.25, 0.3) is 0 Å². The van der Waals surface area contributed by atoms with Gasteiger partial charge in [0.2, 0.25) is 0 Å². The smallest absolute Gasteiger partial charge is 0.129 e. The van der Waals surface area contributed by atoms with Crippen LogP contribution >= 0.6 is 0 Å². The Morgan fingerprint density at radius 3 is 2.84 bits per heavy atom. The van der Waals surface area contributed by atoms with Crippen LogP contribution in [0.25, 0.3) is 0 Å². The van der Waals surface area contributed by atoms with Gasteiger partial charge in [0, 0.05) is 25.7 Å². The lowest BCUT2D eigenvalue weighted by Gasteiger charge is -2.28. The predicted molar refractivity (Wildman–Crippen MR) is 69.9 cm³/mol. The van der Waals surface area contributed by atoms with Crippen LogP contribution in [0.15, 0.2) is 18.2 Å². The molecule has 1 aromatic carbocycles. The molecule has 19 heavy (non-hydrogen) atoms. The first kappa shape index (κ1) is 14.2. The van der Waals surface area contributed by atoms with Crippen molar-refractivity contribution in [2.75, 3.05) is 39.5 Å². The molecule has 1 atom stereocenters. The topological polar surface area (TPSA) is 41.9 Å². The predicted octanol–water partition coefficient (Wildman–Crippen LogP) is 1.21. The fraction of sp³-hybridized carbons (Fsp3) is 0.571. The van der Waals surface area contributed by atoms with Crippen LogP contribution in [0.1, 0.15) is 5.56 Å². The highest BCUT2D eigenvalue weighted by molar-refractivity contribution is 5.27. The van der Waals surface area contributed by atoms with E-state index in [0.717, 1.165) is 13.1 Å². The van der Waals surface area contributed by atoms with Crippen molar-refractivity contribution in [3.8, 4) is 5.75 Å². The number of aryl methyl sites for hydroxylation is 1. The number of morpholine rings is 1. The zero-order valence-corrected chi connectivity index (χ0v) is 11.1. The molecule has 1 fully saturated rings. The minimum absolute atomic E-state index is 0.167. The summed E-state index contributed by atoms with van der Waals surface area (Å²) in [7, 11) is 0. The van der Waals surface area contributed by atoms with Gasteiger partial charge >= 0.3 is 0 Å². The zero-order valence-electron chi connectivity index (χ0n) is 11.1. The van der Waals surface area contributed by atoms with Crippen LogP contribution in [0.5, 0.6) is 5.75 Å². The van der Waals surface area contributed by atoms with Crippen LogP contribution in [0.4, 0.5) is 4.39 Å². The number of nitrogens with zero attached hydrogens (tertiary/aromatic N) is 1. The van der Waals surface area contributed by atoms with Gasteiger partial charge < -0.3 is 14.6 Å². The summed E-state index contributed by atoms with van der Waals surface area (Å²) in [4.78, 5) is 2.13. The van der Waals surface area contributed by atoms with E-state index < -0.39 is 6.10 Å². The molecule has 0 saturated carbocycles. The Morgan fingerprint density at radius 1 is 1.42 bits per heavy atom. The lowest BCUT2D eigenvalue weighted by atomic mass is 10.2. The maximum atomic E-state index is 13.3. The third kappa shape index (κ3) is 4.45. The molecule has 4 nitrogen and oxygen atoms in total. The summed E-state index contributed by atoms with van der Waals surface area (Å²) in [6.07, 6.45) is -0.581. The third-order valence-electron chi connectivity index (χ3n) is 3.16. The molecule has 0 bridgehead atoms. The van der Waals surface area contributed by atoms with E-state index in [4.69, 9.17) is 9.47 Å². The first-order valence-corrected chi connectivity index (χ1v) is 6.52. The van der Waals surface area contributed by atoms with E-state index in [1.54, 1.807) is 19.1 Å². The molecule has 1 saturated heterocycles. The second-order valence-electron chi connectivity index (χ2n) is 4.79. The Labute approximate surface area is 112 Å². The van der Waals surface area contributed by atoms with E-state index in [1.165, 1.54) is 6.07 Å². The van der Waals surface area contributed by atoms with Crippen LogP contribution in [0.2, 0.25) is 0 Å². The van der Waals surface area contributed by atoms with Crippen molar-refractivity contribution in [1.82, 2.24) is 4.90 Å². The number of β-amino-alcohol motifs (C(OH)–C–C–N with tert-alkyl or cyclic N) is 1. The molecule has 0 spiro atoms. The maximum Gasteiger partial charge on any atom is 0.129 e. The summed E-state index contributed by atoms with van der Waals surface area (Å²) >= 11 is 0. The Morgan fingerprint density at radius 2 is 2.16 bits per heavy atom. The van der Waals surface area contributed by atoms with Crippen LogP contribution in [0.3, 0.4) is 0 Å². The molecule has 1 unspecified atom stereocenters. The van der Waals surface area contributed by atoms with Gasteiger partial charge in [-0.05, 0) is 18.6 Å². The first-order valence-electron chi connectivity index (χ1n) is 6.52. The van der Waals surface area contributed by atoms with Crippen molar-refractivity contribution < 1.29 is 19.0 Å². The fourth-order valence-electron chi connectivity index (χ4n) is 1.99. The molecule has 106 valence electrons. The molecule has 1 heterocycles. The van der Waals surface area contributed by atoms with E-state index in [9.17, 15) is 9.50 Å². The molecule has 5 heteroatoms. The number of rotatable bonds is 5. The molecule has 0 radical (unpaired) electrons. The van der Waals surface area contributed by atoms with Crippen LogP contribution < -0.4 is 4.74 Å². The van der Waals surface area contributed by atoms with Gasteiger partial charge in [0.1, 0.15) is 24.3 Å². The van der Waals surface area contributed by atoms with Gasteiger partial charge in [-0.3, -0.25) is 4.90 Å². The van der Waals surface area contributed by atoms with Gasteiger partial charge in [-0.15, -0.1) is 0 Å². The van der Waals surface area contributed by atoms with Crippen molar-refractivity contribution in [2.45, 2.75) is 13.0 Å². The van der Waals surface area contributed by atoms with Crippen LogP contribution in [-0.2, 0) is 4.74 Å². The second-order valence-corrected chi connectivity index (χ2v) is 4.79. The highest BCUT2D eigenvalue weighted by Crippen LogP contribution is 2.16. The van der Waals surface area contributed by atoms with Gasteiger partial charge in [-0.25, -0.2) is 4.39 Å². The molecule has 1 aromatic rings. The number of hydrogen-bond acceptors (Lipinski definition) is 4.